The molecule has 110 valence electrons. The average molecular weight is 271 g/mol. The summed E-state index contributed by atoms with van der Waals surface area (Å²) >= 11 is 0. The summed E-state index contributed by atoms with van der Waals surface area (Å²) in [5.41, 5.74) is -1.62. The highest BCUT2D eigenvalue weighted by molar-refractivity contribution is 5.68. The molecule has 2 rings (SSSR count). The average Bonchev–Trinajstić information content (AvgIpc) is 3.08. The van der Waals surface area contributed by atoms with Gasteiger partial charge in [0, 0.05) is 18.5 Å². The maximum atomic E-state index is 11.9. The van der Waals surface area contributed by atoms with Crippen molar-refractivity contribution in [3.8, 4) is 0 Å². The van der Waals surface area contributed by atoms with Gasteiger partial charge in [0.1, 0.15) is 5.60 Å². The Morgan fingerprint density at radius 3 is 2.11 bits per heavy atom. The molecular formula is C14H25NO4. The Balaban J connectivity index is 1.91. The lowest BCUT2D eigenvalue weighted by Crippen LogP contribution is -2.53. The van der Waals surface area contributed by atoms with Crippen molar-refractivity contribution in [3.63, 3.8) is 0 Å². The molecule has 0 aromatic rings. The number of ether oxygens (including phenoxy) is 1. The first kappa shape index (κ1) is 14.6. The van der Waals surface area contributed by atoms with Crippen molar-refractivity contribution in [1.29, 1.82) is 0 Å². The number of likely N-dealkylation sites (tertiary alicyclic amines) is 1. The van der Waals surface area contributed by atoms with Crippen LogP contribution in [0.25, 0.3) is 0 Å². The van der Waals surface area contributed by atoms with Crippen molar-refractivity contribution in [3.05, 3.63) is 0 Å². The molecule has 19 heavy (non-hydrogen) atoms. The predicted octanol–water partition coefficient (Wildman–Crippen LogP) is 1.52. The van der Waals surface area contributed by atoms with Crippen LogP contribution < -0.4 is 0 Å². The zero-order valence-corrected chi connectivity index (χ0v) is 12.1. The van der Waals surface area contributed by atoms with Gasteiger partial charge in [0.15, 0.2) is 0 Å². The molecule has 0 spiro atoms. The third kappa shape index (κ3) is 2.87. The van der Waals surface area contributed by atoms with Gasteiger partial charge >= 0.3 is 6.09 Å². The van der Waals surface area contributed by atoms with Crippen molar-refractivity contribution >= 4 is 6.09 Å². The van der Waals surface area contributed by atoms with E-state index in [0.717, 1.165) is 12.8 Å². The molecule has 2 aliphatic rings. The zero-order chi connectivity index (χ0) is 14.3. The highest BCUT2D eigenvalue weighted by Crippen LogP contribution is 2.57. The molecule has 1 saturated heterocycles. The molecule has 2 fully saturated rings. The Kier molecular flexibility index (Phi) is 3.56. The third-order valence-corrected chi connectivity index (χ3v) is 4.39. The number of nitrogens with zero attached hydrogens (tertiary/aromatic N) is 1. The van der Waals surface area contributed by atoms with E-state index in [1.54, 1.807) is 4.90 Å². The maximum Gasteiger partial charge on any atom is 0.410 e. The van der Waals surface area contributed by atoms with E-state index in [-0.39, 0.29) is 18.1 Å². The van der Waals surface area contributed by atoms with Gasteiger partial charge in [-0.15, -0.1) is 0 Å². The number of carbonyl (C=O) groups excluding carboxylic acids is 1. The van der Waals surface area contributed by atoms with Crippen LogP contribution >= 0.6 is 0 Å². The van der Waals surface area contributed by atoms with E-state index in [2.05, 4.69) is 0 Å². The van der Waals surface area contributed by atoms with Gasteiger partial charge in [0.25, 0.3) is 0 Å². The second-order valence-electron chi connectivity index (χ2n) is 6.94. The number of aliphatic hydroxyl groups excluding tert-OH is 1. The number of amides is 1. The summed E-state index contributed by atoms with van der Waals surface area (Å²) in [6.45, 7) is 6.55. The van der Waals surface area contributed by atoms with E-state index in [1.807, 2.05) is 20.8 Å². The molecule has 5 heteroatoms. The lowest BCUT2D eigenvalue weighted by atomic mass is 9.77. The summed E-state index contributed by atoms with van der Waals surface area (Å²) in [6, 6.07) is 0. The minimum Gasteiger partial charge on any atom is -0.444 e. The Morgan fingerprint density at radius 1 is 1.21 bits per heavy atom. The lowest BCUT2D eigenvalue weighted by molar-refractivity contribution is -0.0945. The largest absolute Gasteiger partial charge is 0.444 e. The van der Waals surface area contributed by atoms with Gasteiger partial charge in [-0.05, 0) is 46.5 Å². The first-order valence-electron chi connectivity index (χ1n) is 7.03. The van der Waals surface area contributed by atoms with Gasteiger partial charge in [-0.3, -0.25) is 0 Å². The number of aliphatic hydroxyl groups is 2. The smallest absolute Gasteiger partial charge is 0.410 e. The highest BCUT2D eigenvalue weighted by atomic mass is 16.6. The Morgan fingerprint density at radius 2 is 1.74 bits per heavy atom. The predicted molar refractivity (Wildman–Crippen MR) is 70.7 cm³/mol. The minimum atomic E-state index is -0.819. The van der Waals surface area contributed by atoms with E-state index in [0.29, 0.717) is 25.9 Å². The Labute approximate surface area is 114 Å². The van der Waals surface area contributed by atoms with E-state index in [9.17, 15) is 15.0 Å². The topological polar surface area (TPSA) is 70.0 Å². The quantitative estimate of drug-likeness (QED) is 0.799. The summed E-state index contributed by atoms with van der Waals surface area (Å²) in [5, 5.41) is 20.1. The fourth-order valence-electron chi connectivity index (χ4n) is 2.84. The summed E-state index contributed by atoms with van der Waals surface area (Å²) in [6.07, 6.45) is 2.49. The van der Waals surface area contributed by atoms with Crippen LogP contribution in [0.1, 0.15) is 46.5 Å². The molecule has 2 N–H and O–H groups in total. The van der Waals surface area contributed by atoms with Crippen LogP contribution in [0.5, 0.6) is 0 Å². The summed E-state index contributed by atoms with van der Waals surface area (Å²) in [4.78, 5) is 13.6. The molecule has 0 bridgehead atoms. The molecule has 1 amide bonds. The van der Waals surface area contributed by atoms with Crippen molar-refractivity contribution in [2.24, 2.45) is 5.41 Å². The van der Waals surface area contributed by atoms with Gasteiger partial charge in [-0.1, -0.05) is 0 Å². The van der Waals surface area contributed by atoms with Crippen LogP contribution in [0.2, 0.25) is 0 Å². The number of rotatable bonds is 2. The Bertz CT molecular complexity index is 349. The van der Waals surface area contributed by atoms with E-state index >= 15 is 0 Å². The maximum absolute atomic E-state index is 11.9. The van der Waals surface area contributed by atoms with Crippen LogP contribution in [0, 0.1) is 5.41 Å². The normalized spacial score (nSPS) is 25.0. The fourth-order valence-corrected chi connectivity index (χ4v) is 2.84. The molecule has 0 radical (unpaired) electrons. The molecule has 0 atom stereocenters. The zero-order valence-electron chi connectivity index (χ0n) is 12.1. The summed E-state index contributed by atoms with van der Waals surface area (Å²) < 4.78 is 5.33. The lowest BCUT2D eigenvalue weighted by Gasteiger charge is -2.43. The number of hydrogen-bond acceptors (Lipinski definition) is 4. The number of hydrogen-bond donors (Lipinski definition) is 2. The van der Waals surface area contributed by atoms with Crippen molar-refractivity contribution in [2.45, 2.75) is 57.7 Å². The molecule has 1 aliphatic heterocycles. The van der Waals surface area contributed by atoms with Crippen molar-refractivity contribution in [2.75, 3.05) is 19.7 Å². The van der Waals surface area contributed by atoms with E-state index in [4.69, 9.17) is 4.74 Å². The van der Waals surface area contributed by atoms with Crippen LogP contribution in [0.3, 0.4) is 0 Å². The molecule has 0 aromatic carbocycles. The molecule has 5 nitrogen and oxygen atoms in total. The summed E-state index contributed by atoms with van der Waals surface area (Å²) in [7, 11) is 0. The van der Waals surface area contributed by atoms with E-state index < -0.39 is 11.2 Å². The minimum absolute atomic E-state index is 0.0376. The monoisotopic (exact) mass is 271 g/mol. The van der Waals surface area contributed by atoms with Crippen molar-refractivity contribution < 1.29 is 19.7 Å². The second-order valence-corrected chi connectivity index (χ2v) is 6.94. The second kappa shape index (κ2) is 4.63. The van der Waals surface area contributed by atoms with Crippen LogP contribution in [-0.4, -0.2) is 52.1 Å². The number of piperidine rings is 1. The standard InChI is InChI=1S/C14H25NO4/c1-12(2,3)19-11(17)15-8-6-14(18,7-9-15)13(10-16)4-5-13/h16,18H,4-10H2,1-3H3. The van der Waals surface area contributed by atoms with Crippen LogP contribution in [0.4, 0.5) is 4.79 Å². The molecule has 0 unspecified atom stereocenters. The Hall–Kier alpha value is -0.810. The van der Waals surface area contributed by atoms with E-state index in [1.165, 1.54) is 0 Å². The van der Waals surface area contributed by atoms with Gasteiger partial charge < -0.3 is 19.8 Å². The first-order chi connectivity index (χ1) is 8.71. The number of carbonyl (C=O) groups is 1. The molecule has 1 heterocycles. The fraction of sp³-hybridized carbons (Fsp3) is 0.929. The highest BCUT2D eigenvalue weighted by Gasteiger charge is 2.59. The van der Waals surface area contributed by atoms with Gasteiger partial charge in [-0.2, -0.15) is 0 Å². The van der Waals surface area contributed by atoms with Crippen molar-refractivity contribution in [1.82, 2.24) is 4.90 Å². The van der Waals surface area contributed by atoms with Crippen LogP contribution in [0.15, 0.2) is 0 Å². The third-order valence-electron chi connectivity index (χ3n) is 4.39. The van der Waals surface area contributed by atoms with Gasteiger partial charge in [0.05, 0.1) is 12.2 Å². The molecule has 1 aliphatic carbocycles. The molecule has 0 aromatic heterocycles. The van der Waals surface area contributed by atoms with Gasteiger partial charge in [0.2, 0.25) is 0 Å². The molecular weight excluding hydrogens is 246 g/mol. The summed E-state index contributed by atoms with van der Waals surface area (Å²) in [5.74, 6) is 0. The van der Waals surface area contributed by atoms with Crippen LogP contribution in [-0.2, 0) is 4.74 Å². The first-order valence-corrected chi connectivity index (χ1v) is 7.03. The SMILES string of the molecule is CC(C)(C)OC(=O)N1CCC(O)(C2(CO)CC2)CC1. The molecule has 1 saturated carbocycles. The van der Waals surface area contributed by atoms with Gasteiger partial charge in [-0.25, -0.2) is 4.79 Å².